The number of hydrogen-bond donors (Lipinski definition) is 1. The maximum absolute atomic E-state index is 5.12. The summed E-state index contributed by atoms with van der Waals surface area (Å²) in [5, 5.41) is 8.62. The van der Waals surface area contributed by atoms with Crippen LogP contribution in [0, 0.1) is 0 Å². The molecule has 1 N–H and O–H groups in total. The molecule has 0 saturated heterocycles. The molecule has 0 amide bonds. The number of nitrogens with zero attached hydrogens (tertiary/aromatic N) is 4. The van der Waals surface area contributed by atoms with Gasteiger partial charge in [0.15, 0.2) is 5.65 Å². The van der Waals surface area contributed by atoms with Gasteiger partial charge in [0.25, 0.3) is 0 Å². The minimum Gasteiger partial charge on any atom is -0.472 e. The predicted octanol–water partition coefficient (Wildman–Crippen LogP) is 3.35. The van der Waals surface area contributed by atoms with E-state index in [2.05, 4.69) is 39.7 Å². The Morgan fingerprint density at radius 2 is 1.92 bits per heavy atom. The van der Waals surface area contributed by atoms with Gasteiger partial charge in [-0.2, -0.15) is 5.10 Å². The average Bonchev–Trinajstić information content (AvgIpc) is 3.29. The van der Waals surface area contributed by atoms with Crippen LogP contribution in [0.3, 0.4) is 0 Å². The van der Waals surface area contributed by atoms with Gasteiger partial charge in [0.2, 0.25) is 0 Å². The van der Waals surface area contributed by atoms with Crippen molar-refractivity contribution in [3.63, 3.8) is 0 Å². The molecule has 0 fully saturated rings. The highest BCUT2D eigenvalue weighted by Crippen LogP contribution is 2.21. The lowest BCUT2D eigenvalue weighted by Crippen LogP contribution is -2.07. The Kier molecular flexibility index (Phi) is 4.16. The highest BCUT2D eigenvalue weighted by molar-refractivity contribution is 5.86. The lowest BCUT2D eigenvalue weighted by atomic mass is 10.1. The molecule has 3 aromatic heterocycles. The summed E-state index contributed by atoms with van der Waals surface area (Å²) in [5.74, 6) is 1.62. The zero-order valence-corrected chi connectivity index (χ0v) is 14.0. The second-order valence-corrected chi connectivity index (χ2v) is 5.96. The van der Waals surface area contributed by atoms with Crippen LogP contribution in [-0.2, 0) is 26.4 Å². The van der Waals surface area contributed by atoms with Crippen LogP contribution in [0.15, 0.2) is 59.5 Å². The second-order valence-electron chi connectivity index (χ2n) is 5.96. The molecule has 0 aliphatic carbocycles. The minimum absolute atomic E-state index is 0.648. The van der Waals surface area contributed by atoms with Gasteiger partial charge in [0.05, 0.1) is 24.1 Å². The standard InChI is InChI=1S/C19H19N5O/c1-24-19-16(12-21-24)18(20-11-15-9-10-25-13-15)22-17(23-19)8-7-14-5-3-2-4-6-14/h2-6,9-10,12-13H,7-8,11H2,1H3,(H,20,22,23). The highest BCUT2D eigenvalue weighted by atomic mass is 16.3. The van der Waals surface area contributed by atoms with Gasteiger partial charge < -0.3 is 9.73 Å². The molecule has 6 heteroatoms. The summed E-state index contributed by atoms with van der Waals surface area (Å²) in [6, 6.07) is 12.3. The van der Waals surface area contributed by atoms with Crippen LogP contribution < -0.4 is 5.32 Å². The van der Waals surface area contributed by atoms with Crippen molar-refractivity contribution in [2.45, 2.75) is 19.4 Å². The Hall–Kier alpha value is -3.15. The quantitative estimate of drug-likeness (QED) is 0.586. The van der Waals surface area contributed by atoms with Crippen LogP contribution in [0.2, 0.25) is 0 Å². The van der Waals surface area contributed by atoms with E-state index in [9.17, 15) is 0 Å². The van der Waals surface area contributed by atoms with Gasteiger partial charge >= 0.3 is 0 Å². The Morgan fingerprint density at radius 1 is 1.04 bits per heavy atom. The van der Waals surface area contributed by atoms with E-state index >= 15 is 0 Å². The molecular weight excluding hydrogens is 314 g/mol. The zero-order chi connectivity index (χ0) is 17.1. The van der Waals surface area contributed by atoms with Crippen molar-refractivity contribution < 1.29 is 4.42 Å². The van der Waals surface area contributed by atoms with E-state index in [0.29, 0.717) is 6.54 Å². The van der Waals surface area contributed by atoms with Gasteiger partial charge in [0, 0.05) is 25.6 Å². The average molecular weight is 333 g/mol. The zero-order valence-electron chi connectivity index (χ0n) is 14.0. The van der Waals surface area contributed by atoms with Crippen molar-refractivity contribution in [3.05, 3.63) is 72.1 Å². The van der Waals surface area contributed by atoms with Crippen molar-refractivity contribution in [2.24, 2.45) is 7.05 Å². The summed E-state index contributed by atoms with van der Waals surface area (Å²) in [7, 11) is 1.90. The third-order valence-electron chi connectivity index (χ3n) is 4.16. The molecule has 0 atom stereocenters. The largest absolute Gasteiger partial charge is 0.472 e. The number of benzene rings is 1. The predicted molar refractivity (Wildman–Crippen MR) is 96.2 cm³/mol. The van der Waals surface area contributed by atoms with Crippen molar-refractivity contribution in [3.8, 4) is 0 Å². The SMILES string of the molecule is Cn1ncc2c(NCc3ccoc3)nc(CCc3ccccc3)nc21. The number of hydrogen-bond acceptors (Lipinski definition) is 5. The summed E-state index contributed by atoms with van der Waals surface area (Å²) in [6.07, 6.45) is 6.89. The maximum atomic E-state index is 5.12. The van der Waals surface area contributed by atoms with Crippen LogP contribution in [-0.4, -0.2) is 19.7 Å². The normalized spacial score (nSPS) is 11.1. The molecule has 0 saturated carbocycles. The van der Waals surface area contributed by atoms with Crippen LogP contribution in [0.4, 0.5) is 5.82 Å². The molecule has 0 unspecified atom stereocenters. The summed E-state index contributed by atoms with van der Waals surface area (Å²) in [6.45, 7) is 0.648. The summed E-state index contributed by atoms with van der Waals surface area (Å²) in [4.78, 5) is 9.41. The first-order chi connectivity index (χ1) is 12.3. The Bertz CT molecular complexity index is 960. The molecule has 4 aromatic rings. The van der Waals surface area contributed by atoms with E-state index < -0.39 is 0 Å². The first kappa shape index (κ1) is 15.4. The van der Waals surface area contributed by atoms with Crippen LogP contribution in [0.25, 0.3) is 11.0 Å². The lowest BCUT2D eigenvalue weighted by Gasteiger charge is -2.08. The lowest BCUT2D eigenvalue weighted by molar-refractivity contribution is 0.564. The highest BCUT2D eigenvalue weighted by Gasteiger charge is 2.12. The first-order valence-corrected chi connectivity index (χ1v) is 8.27. The van der Waals surface area contributed by atoms with E-state index in [4.69, 9.17) is 9.40 Å². The Morgan fingerprint density at radius 3 is 2.72 bits per heavy atom. The second kappa shape index (κ2) is 6.76. The number of aryl methyl sites for hydroxylation is 3. The van der Waals surface area contributed by atoms with Gasteiger partial charge in [-0.3, -0.25) is 4.68 Å². The molecule has 25 heavy (non-hydrogen) atoms. The first-order valence-electron chi connectivity index (χ1n) is 8.27. The number of nitrogens with one attached hydrogen (secondary N) is 1. The number of anilines is 1. The van der Waals surface area contributed by atoms with Crippen LogP contribution in [0.1, 0.15) is 17.0 Å². The summed E-state index contributed by atoms with van der Waals surface area (Å²) in [5.41, 5.74) is 3.19. The Balaban J connectivity index is 1.59. The fourth-order valence-corrected chi connectivity index (χ4v) is 2.79. The molecule has 6 nitrogen and oxygen atoms in total. The molecule has 0 aliphatic heterocycles. The number of furan rings is 1. The van der Waals surface area contributed by atoms with Crippen molar-refractivity contribution in [1.29, 1.82) is 0 Å². The van der Waals surface area contributed by atoms with Crippen molar-refractivity contribution in [2.75, 3.05) is 5.32 Å². The molecule has 4 rings (SSSR count). The van der Waals surface area contributed by atoms with E-state index in [1.807, 2.05) is 19.2 Å². The van der Waals surface area contributed by atoms with Crippen LogP contribution in [0.5, 0.6) is 0 Å². The van der Waals surface area contributed by atoms with E-state index in [0.717, 1.165) is 41.1 Å². The Labute approximate surface area is 145 Å². The number of fused-ring (bicyclic) bond motifs is 1. The maximum Gasteiger partial charge on any atom is 0.163 e. The molecular formula is C19H19N5O. The minimum atomic E-state index is 0.648. The van der Waals surface area contributed by atoms with Gasteiger partial charge in [-0.05, 0) is 18.1 Å². The third-order valence-corrected chi connectivity index (χ3v) is 4.16. The molecule has 0 bridgehead atoms. The van der Waals surface area contributed by atoms with Crippen molar-refractivity contribution in [1.82, 2.24) is 19.7 Å². The third kappa shape index (κ3) is 3.38. The van der Waals surface area contributed by atoms with Gasteiger partial charge in [-0.15, -0.1) is 0 Å². The van der Waals surface area contributed by atoms with Crippen LogP contribution >= 0.6 is 0 Å². The topological polar surface area (TPSA) is 68.8 Å². The van der Waals surface area contributed by atoms with Gasteiger partial charge in [0.1, 0.15) is 11.6 Å². The fourth-order valence-electron chi connectivity index (χ4n) is 2.79. The fraction of sp³-hybridized carbons (Fsp3) is 0.211. The monoisotopic (exact) mass is 333 g/mol. The molecule has 0 aliphatic rings. The molecule has 0 spiro atoms. The molecule has 0 radical (unpaired) electrons. The summed E-state index contributed by atoms with van der Waals surface area (Å²) >= 11 is 0. The van der Waals surface area contributed by atoms with Gasteiger partial charge in [-0.1, -0.05) is 30.3 Å². The molecule has 1 aromatic carbocycles. The summed E-state index contributed by atoms with van der Waals surface area (Å²) < 4.78 is 6.90. The van der Waals surface area contributed by atoms with Crippen molar-refractivity contribution >= 4 is 16.9 Å². The smallest absolute Gasteiger partial charge is 0.163 e. The number of rotatable bonds is 6. The molecule has 3 heterocycles. The van der Waals surface area contributed by atoms with E-state index in [-0.39, 0.29) is 0 Å². The van der Waals surface area contributed by atoms with E-state index in [1.165, 1.54) is 5.56 Å². The number of aromatic nitrogens is 4. The van der Waals surface area contributed by atoms with E-state index in [1.54, 1.807) is 23.4 Å². The van der Waals surface area contributed by atoms with Gasteiger partial charge in [-0.25, -0.2) is 9.97 Å². The molecule has 126 valence electrons.